The second kappa shape index (κ2) is 5.12. The molecule has 0 atom stereocenters. The van der Waals surface area contributed by atoms with Crippen molar-refractivity contribution in [2.75, 3.05) is 0 Å². The molecule has 102 valence electrons. The zero-order valence-corrected chi connectivity index (χ0v) is 11.8. The average Bonchev–Trinajstić information content (AvgIpc) is 2.84. The van der Waals surface area contributed by atoms with E-state index in [9.17, 15) is 4.39 Å². The highest BCUT2D eigenvalue weighted by Crippen LogP contribution is 2.23. The summed E-state index contributed by atoms with van der Waals surface area (Å²) < 4.78 is 15.8. The van der Waals surface area contributed by atoms with Crippen LogP contribution in [0.3, 0.4) is 0 Å². The number of rotatable bonds is 3. The van der Waals surface area contributed by atoms with Crippen LogP contribution in [0.2, 0.25) is 0 Å². The van der Waals surface area contributed by atoms with Crippen molar-refractivity contribution in [3.05, 3.63) is 71.7 Å². The minimum atomic E-state index is -0.145. The molecule has 0 saturated heterocycles. The molecule has 0 aliphatic rings. The van der Waals surface area contributed by atoms with E-state index in [1.165, 1.54) is 17.0 Å². The van der Waals surface area contributed by atoms with Gasteiger partial charge in [-0.3, -0.25) is 0 Å². The van der Waals surface area contributed by atoms with Crippen LogP contribution in [0.1, 0.15) is 30.9 Å². The van der Waals surface area contributed by atoms with Crippen LogP contribution in [0.5, 0.6) is 0 Å². The van der Waals surface area contributed by atoms with Gasteiger partial charge in [0.05, 0.1) is 6.54 Å². The first-order valence-corrected chi connectivity index (χ1v) is 6.97. The lowest BCUT2D eigenvalue weighted by Crippen LogP contribution is -2.00. The largest absolute Gasteiger partial charge is 0.343 e. The van der Waals surface area contributed by atoms with Gasteiger partial charge >= 0.3 is 0 Å². The van der Waals surface area contributed by atoms with Crippen LogP contribution in [-0.4, -0.2) is 4.57 Å². The van der Waals surface area contributed by atoms with Gasteiger partial charge in [0.2, 0.25) is 0 Å². The van der Waals surface area contributed by atoms with Crippen molar-refractivity contribution in [3.63, 3.8) is 0 Å². The summed E-state index contributed by atoms with van der Waals surface area (Å²) in [6.07, 6.45) is 2.03. The molecule has 0 bridgehead atoms. The second-order valence-electron chi connectivity index (χ2n) is 5.51. The van der Waals surface area contributed by atoms with E-state index in [-0.39, 0.29) is 5.82 Å². The fraction of sp³-hybridized carbons (Fsp3) is 0.222. The van der Waals surface area contributed by atoms with Crippen molar-refractivity contribution < 1.29 is 4.39 Å². The normalized spacial score (nSPS) is 11.4. The number of hydrogen-bond donors (Lipinski definition) is 0. The van der Waals surface area contributed by atoms with E-state index in [1.807, 2.05) is 18.3 Å². The van der Waals surface area contributed by atoms with E-state index in [1.54, 1.807) is 6.07 Å². The molecule has 0 unspecified atom stereocenters. The Labute approximate surface area is 118 Å². The van der Waals surface area contributed by atoms with Crippen molar-refractivity contribution >= 4 is 10.9 Å². The summed E-state index contributed by atoms with van der Waals surface area (Å²) in [5, 5.41) is 1.22. The predicted octanol–water partition coefficient (Wildman–Crippen LogP) is 4.95. The third-order valence-corrected chi connectivity index (χ3v) is 3.76. The molecule has 0 amide bonds. The van der Waals surface area contributed by atoms with Crippen molar-refractivity contribution in [3.8, 4) is 0 Å². The summed E-state index contributed by atoms with van der Waals surface area (Å²) in [4.78, 5) is 0. The minimum Gasteiger partial charge on any atom is -0.343 e. The van der Waals surface area contributed by atoms with E-state index >= 15 is 0 Å². The first-order chi connectivity index (χ1) is 9.65. The topological polar surface area (TPSA) is 4.93 Å². The van der Waals surface area contributed by atoms with Crippen LogP contribution in [0.25, 0.3) is 10.9 Å². The maximum Gasteiger partial charge on any atom is 0.128 e. The maximum absolute atomic E-state index is 13.7. The number of halogens is 1. The van der Waals surface area contributed by atoms with Gasteiger partial charge in [0.1, 0.15) is 5.82 Å². The highest BCUT2D eigenvalue weighted by Gasteiger charge is 2.07. The van der Waals surface area contributed by atoms with Gasteiger partial charge in [-0.2, -0.15) is 0 Å². The molecular weight excluding hydrogens is 249 g/mol. The van der Waals surface area contributed by atoms with Crippen LogP contribution < -0.4 is 0 Å². The molecule has 20 heavy (non-hydrogen) atoms. The SMILES string of the molecule is CC(C)c1ccc2c(ccn2Cc2ccccc2F)c1. The Bertz CT molecular complexity index is 740. The molecule has 1 heterocycles. The zero-order chi connectivity index (χ0) is 14.1. The average molecular weight is 267 g/mol. The van der Waals surface area contributed by atoms with Gasteiger partial charge in [-0.25, -0.2) is 4.39 Å². The van der Waals surface area contributed by atoms with Gasteiger partial charge in [0.15, 0.2) is 0 Å². The van der Waals surface area contributed by atoms with Crippen LogP contribution in [0, 0.1) is 5.82 Å². The fourth-order valence-corrected chi connectivity index (χ4v) is 2.53. The monoisotopic (exact) mass is 267 g/mol. The maximum atomic E-state index is 13.7. The molecule has 1 nitrogen and oxygen atoms in total. The number of fused-ring (bicyclic) bond motifs is 1. The molecule has 3 aromatic rings. The summed E-state index contributed by atoms with van der Waals surface area (Å²) in [5.41, 5.74) is 3.21. The van der Waals surface area contributed by atoms with Crippen LogP contribution >= 0.6 is 0 Å². The van der Waals surface area contributed by atoms with Crippen LogP contribution in [0.4, 0.5) is 4.39 Å². The molecule has 0 fully saturated rings. The van der Waals surface area contributed by atoms with Gasteiger partial charge in [0, 0.05) is 17.3 Å². The molecule has 0 N–H and O–H groups in total. The molecule has 1 aromatic heterocycles. The summed E-state index contributed by atoms with van der Waals surface area (Å²) >= 11 is 0. The highest BCUT2D eigenvalue weighted by atomic mass is 19.1. The Balaban J connectivity index is 1.99. The molecule has 0 aliphatic carbocycles. The van der Waals surface area contributed by atoms with Crippen molar-refractivity contribution in [1.82, 2.24) is 4.57 Å². The molecule has 0 spiro atoms. The first-order valence-electron chi connectivity index (χ1n) is 6.97. The number of benzene rings is 2. The van der Waals surface area contributed by atoms with Crippen LogP contribution in [-0.2, 0) is 6.54 Å². The Morgan fingerprint density at radius 3 is 2.60 bits per heavy atom. The number of hydrogen-bond acceptors (Lipinski definition) is 0. The molecule has 0 aliphatic heterocycles. The Kier molecular flexibility index (Phi) is 3.31. The van der Waals surface area contributed by atoms with E-state index in [0.29, 0.717) is 12.5 Å². The molecule has 0 saturated carbocycles. The summed E-state index contributed by atoms with van der Waals surface area (Å²) in [7, 11) is 0. The molecule has 2 aromatic carbocycles. The minimum absolute atomic E-state index is 0.145. The summed E-state index contributed by atoms with van der Waals surface area (Å²) in [6.45, 7) is 4.95. The molecule has 0 radical (unpaired) electrons. The standard InChI is InChI=1S/C18H18FN/c1-13(2)14-7-8-18-15(11-14)9-10-20(18)12-16-5-3-4-6-17(16)19/h3-11,13H,12H2,1-2H3. The lowest BCUT2D eigenvalue weighted by Gasteiger charge is -2.09. The summed E-state index contributed by atoms with van der Waals surface area (Å²) in [5.74, 6) is 0.377. The molecule has 2 heteroatoms. The fourth-order valence-electron chi connectivity index (χ4n) is 2.53. The third kappa shape index (κ3) is 2.34. The van der Waals surface area contributed by atoms with Crippen molar-refractivity contribution in [1.29, 1.82) is 0 Å². The Hall–Kier alpha value is -2.09. The zero-order valence-electron chi connectivity index (χ0n) is 11.8. The van der Waals surface area contributed by atoms with Crippen molar-refractivity contribution in [2.24, 2.45) is 0 Å². The van der Waals surface area contributed by atoms with E-state index in [0.717, 1.165) is 11.1 Å². The predicted molar refractivity (Wildman–Crippen MR) is 81.5 cm³/mol. The lowest BCUT2D eigenvalue weighted by molar-refractivity contribution is 0.602. The first kappa shape index (κ1) is 12.9. The van der Waals surface area contributed by atoms with E-state index in [4.69, 9.17) is 0 Å². The van der Waals surface area contributed by atoms with Gasteiger partial charge in [-0.1, -0.05) is 38.1 Å². The number of nitrogens with zero attached hydrogens (tertiary/aromatic N) is 1. The molecule has 3 rings (SSSR count). The quantitative estimate of drug-likeness (QED) is 0.632. The van der Waals surface area contributed by atoms with Crippen molar-refractivity contribution in [2.45, 2.75) is 26.3 Å². The van der Waals surface area contributed by atoms with Crippen LogP contribution in [0.15, 0.2) is 54.7 Å². The number of aromatic nitrogens is 1. The van der Waals surface area contributed by atoms with E-state index < -0.39 is 0 Å². The summed E-state index contributed by atoms with van der Waals surface area (Å²) in [6, 6.07) is 15.6. The highest BCUT2D eigenvalue weighted by molar-refractivity contribution is 5.81. The van der Waals surface area contributed by atoms with E-state index in [2.05, 4.69) is 42.7 Å². The lowest BCUT2D eigenvalue weighted by atomic mass is 10.0. The van der Waals surface area contributed by atoms with Gasteiger partial charge in [-0.15, -0.1) is 0 Å². The van der Waals surface area contributed by atoms with Gasteiger partial charge in [-0.05, 0) is 41.1 Å². The molecular formula is C18H18FN. The Morgan fingerprint density at radius 1 is 1.05 bits per heavy atom. The second-order valence-corrected chi connectivity index (χ2v) is 5.51. The Morgan fingerprint density at radius 2 is 1.85 bits per heavy atom. The van der Waals surface area contributed by atoms with Gasteiger partial charge in [0.25, 0.3) is 0 Å². The van der Waals surface area contributed by atoms with Gasteiger partial charge < -0.3 is 4.57 Å². The third-order valence-electron chi connectivity index (χ3n) is 3.76. The smallest absolute Gasteiger partial charge is 0.128 e.